The molecular weight excluding hydrogens is 224 g/mol. The first-order chi connectivity index (χ1) is 5.27. The van der Waals surface area contributed by atoms with Crippen LogP contribution >= 0.6 is 27.5 Å². The van der Waals surface area contributed by atoms with Gasteiger partial charge >= 0.3 is 0 Å². The van der Waals surface area contributed by atoms with Crippen LogP contribution in [0.25, 0.3) is 10.2 Å². The average Bonchev–Trinajstić information content (AvgIpc) is 2.36. The molecule has 2 rings (SSSR count). The first-order valence-electron chi connectivity index (χ1n) is 3.15. The molecule has 0 bridgehead atoms. The number of hydrogen-bond acceptors (Lipinski definition) is 3. The third kappa shape index (κ3) is 1.16. The number of fused-ring (bicyclic) bond motifs is 1. The minimum absolute atomic E-state index is 0.982. The lowest BCUT2D eigenvalue weighted by atomic mass is 10.2. The van der Waals surface area contributed by atoms with Crippen LogP contribution in [0.3, 0.4) is 0 Å². The molecule has 0 spiro atoms. The minimum atomic E-state index is 0.982. The van der Waals surface area contributed by atoms with E-state index in [4.69, 9.17) is 0 Å². The molecule has 0 saturated carbocycles. The van der Waals surface area contributed by atoms with Crippen molar-refractivity contribution in [2.45, 2.75) is 6.92 Å². The minimum Gasteiger partial charge on any atom is -0.138 e. The number of aryl methyl sites for hydroxylation is 1. The van der Waals surface area contributed by atoms with Crippen molar-refractivity contribution < 1.29 is 0 Å². The molecule has 0 N–H and O–H groups in total. The second kappa shape index (κ2) is 2.53. The Morgan fingerprint density at radius 2 is 2.27 bits per heavy atom. The number of hydrogen-bond donors (Lipinski definition) is 0. The van der Waals surface area contributed by atoms with Crippen molar-refractivity contribution in [2.75, 3.05) is 0 Å². The highest BCUT2D eigenvalue weighted by Crippen LogP contribution is 2.24. The Labute approximate surface area is 76.5 Å². The largest absolute Gasteiger partial charge is 0.138 e. The van der Waals surface area contributed by atoms with Gasteiger partial charge in [-0.1, -0.05) is 20.4 Å². The van der Waals surface area contributed by atoms with Gasteiger partial charge in [-0.2, -0.15) is 0 Å². The molecule has 11 heavy (non-hydrogen) atoms. The van der Waals surface area contributed by atoms with Gasteiger partial charge in [-0.25, -0.2) is 0 Å². The summed E-state index contributed by atoms with van der Waals surface area (Å²) in [7, 11) is 0. The molecular formula is C7H5BrN2S. The molecule has 0 atom stereocenters. The van der Waals surface area contributed by atoms with Gasteiger partial charge in [-0.15, -0.1) is 5.10 Å². The van der Waals surface area contributed by atoms with Crippen LogP contribution in [-0.2, 0) is 0 Å². The summed E-state index contributed by atoms with van der Waals surface area (Å²) in [6.07, 6.45) is 0. The maximum atomic E-state index is 3.97. The Morgan fingerprint density at radius 1 is 1.45 bits per heavy atom. The van der Waals surface area contributed by atoms with E-state index in [2.05, 4.69) is 31.6 Å². The Bertz CT molecular complexity index is 360. The molecule has 2 aromatic rings. The van der Waals surface area contributed by atoms with E-state index in [1.54, 1.807) is 0 Å². The van der Waals surface area contributed by atoms with Crippen LogP contribution in [0.5, 0.6) is 0 Å². The predicted molar refractivity (Wildman–Crippen MR) is 49.9 cm³/mol. The number of halogens is 1. The monoisotopic (exact) mass is 228 g/mol. The highest BCUT2D eigenvalue weighted by molar-refractivity contribution is 9.10. The maximum absolute atomic E-state index is 3.97. The van der Waals surface area contributed by atoms with Crippen molar-refractivity contribution in [1.29, 1.82) is 0 Å². The van der Waals surface area contributed by atoms with Crippen molar-refractivity contribution in [3.63, 3.8) is 0 Å². The van der Waals surface area contributed by atoms with Crippen molar-refractivity contribution in [3.05, 3.63) is 22.2 Å². The van der Waals surface area contributed by atoms with Crippen molar-refractivity contribution in [2.24, 2.45) is 0 Å². The van der Waals surface area contributed by atoms with Crippen LogP contribution in [0.4, 0.5) is 0 Å². The zero-order valence-electron chi connectivity index (χ0n) is 5.84. The molecule has 0 aliphatic carbocycles. The molecule has 4 heteroatoms. The summed E-state index contributed by atoms with van der Waals surface area (Å²) in [5.41, 5.74) is 2.18. The molecule has 1 aromatic heterocycles. The molecule has 0 amide bonds. The Balaban J connectivity index is 2.86. The fourth-order valence-corrected chi connectivity index (χ4v) is 1.98. The molecule has 0 radical (unpaired) electrons. The quantitative estimate of drug-likeness (QED) is 0.694. The number of nitrogens with zero attached hydrogens (tertiary/aromatic N) is 2. The fourth-order valence-electron chi connectivity index (χ4n) is 0.908. The molecule has 1 aromatic carbocycles. The summed E-state index contributed by atoms with van der Waals surface area (Å²) >= 11 is 4.87. The fraction of sp³-hybridized carbons (Fsp3) is 0.143. The van der Waals surface area contributed by atoms with E-state index in [0.717, 1.165) is 14.7 Å². The third-order valence-electron chi connectivity index (χ3n) is 1.53. The van der Waals surface area contributed by atoms with E-state index < -0.39 is 0 Å². The predicted octanol–water partition coefficient (Wildman–Crippen LogP) is 2.76. The van der Waals surface area contributed by atoms with Gasteiger partial charge in [-0.05, 0) is 36.2 Å². The number of rotatable bonds is 0. The van der Waals surface area contributed by atoms with E-state index >= 15 is 0 Å². The third-order valence-corrected chi connectivity index (χ3v) is 3.07. The Kier molecular flexibility index (Phi) is 1.65. The number of benzene rings is 1. The zero-order chi connectivity index (χ0) is 7.84. The molecule has 0 aliphatic heterocycles. The summed E-state index contributed by atoms with van der Waals surface area (Å²) < 4.78 is 6.10. The van der Waals surface area contributed by atoms with Crippen molar-refractivity contribution in [3.8, 4) is 0 Å². The highest BCUT2D eigenvalue weighted by Gasteiger charge is 2.00. The smallest absolute Gasteiger partial charge is 0.106 e. The Morgan fingerprint density at radius 3 is 3.09 bits per heavy atom. The second-order valence-electron chi connectivity index (χ2n) is 2.34. The molecule has 0 aliphatic rings. The topological polar surface area (TPSA) is 25.8 Å². The lowest BCUT2D eigenvalue weighted by molar-refractivity contribution is 1.20. The zero-order valence-corrected chi connectivity index (χ0v) is 8.24. The van der Waals surface area contributed by atoms with Gasteiger partial charge in [0.15, 0.2) is 0 Å². The summed E-state index contributed by atoms with van der Waals surface area (Å²) in [5, 5.41) is 3.97. The average molecular weight is 229 g/mol. The van der Waals surface area contributed by atoms with E-state index in [9.17, 15) is 0 Å². The van der Waals surface area contributed by atoms with Crippen LogP contribution in [-0.4, -0.2) is 9.59 Å². The standard InChI is InChI=1S/C7H5BrN2S/c1-4-2-6-7(3-5(4)8)11-10-9-6/h2-3H,1H3. The molecule has 0 unspecified atom stereocenters. The van der Waals surface area contributed by atoms with Gasteiger partial charge in [0.2, 0.25) is 0 Å². The molecule has 0 saturated heterocycles. The molecule has 56 valence electrons. The summed E-state index contributed by atoms with van der Waals surface area (Å²) in [4.78, 5) is 0. The van der Waals surface area contributed by atoms with E-state index in [0.29, 0.717) is 0 Å². The first kappa shape index (κ1) is 7.18. The van der Waals surface area contributed by atoms with Crippen LogP contribution in [0.15, 0.2) is 16.6 Å². The second-order valence-corrected chi connectivity index (χ2v) is 3.98. The van der Waals surface area contributed by atoms with Crippen LogP contribution in [0, 0.1) is 6.92 Å². The summed E-state index contributed by atoms with van der Waals surface area (Å²) in [6.45, 7) is 2.04. The van der Waals surface area contributed by atoms with E-state index in [-0.39, 0.29) is 0 Å². The van der Waals surface area contributed by atoms with Gasteiger partial charge < -0.3 is 0 Å². The number of aromatic nitrogens is 2. The van der Waals surface area contributed by atoms with E-state index in [1.807, 2.05) is 13.0 Å². The summed E-state index contributed by atoms with van der Waals surface area (Å²) in [5.74, 6) is 0. The van der Waals surface area contributed by atoms with E-state index in [1.165, 1.54) is 17.1 Å². The van der Waals surface area contributed by atoms with Gasteiger partial charge in [-0.3, -0.25) is 0 Å². The molecule has 0 fully saturated rings. The molecule has 1 heterocycles. The van der Waals surface area contributed by atoms with Crippen LogP contribution in [0.2, 0.25) is 0 Å². The van der Waals surface area contributed by atoms with Gasteiger partial charge in [0.1, 0.15) is 5.52 Å². The Hall–Kier alpha value is -0.480. The lowest BCUT2D eigenvalue weighted by Gasteiger charge is -1.94. The highest BCUT2D eigenvalue weighted by atomic mass is 79.9. The SMILES string of the molecule is Cc1cc2nnsc2cc1Br. The van der Waals surface area contributed by atoms with Crippen LogP contribution in [0.1, 0.15) is 5.56 Å². The molecule has 2 nitrogen and oxygen atoms in total. The first-order valence-corrected chi connectivity index (χ1v) is 4.72. The van der Waals surface area contributed by atoms with Gasteiger partial charge in [0.25, 0.3) is 0 Å². The van der Waals surface area contributed by atoms with Gasteiger partial charge in [0.05, 0.1) is 4.70 Å². The van der Waals surface area contributed by atoms with Crippen LogP contribution < -0.4 is 0 Å². The van der Waals surface area contributed by atoms with Gasteiger partial charge in [0, 0.05) is 4.47 Å². The lowest BCUT2D eigenvalue weighted by Crippen LogP contribution is -1.75. The summed E-state index contributed by atoms with van der Waals surface area (Å²) in [6, 6.07) is 4.08. The van der Waals surface area contributed by atoms with Crippen molar-refractivity contribution >= 4 is 37.7 Å². The van der Waals surface area contributed by atoms with Crippen molar-refractivity contribution in [1.82, 2.24) is 9.59 Å². The normalized spacial score (nSPS) is 10.7. The maximum Gasteiger partial charge on any atom is 0.106 e.